The molecule has 0 unspecified atom stereocenters. The van der Waals surface area contributed by atoms with E-state index in [1.807, 2.05) is 73.5 Å². The predicted octanol–water partition coefficient (Wildman–Crippen LogP) is 4.56. The van der Waals surface area contributed by atoms with Gasteiger partial charge in [0.2, 0.25) is 5.91 Å². The lowest BCUT2D eigenvalue weighted by Crippen LogP contribution is -2.41. The van der Waals surface area contributed by atoms with Crippen LogP contribution in [0.2, 0.25) is 0 Å². The summed E-state index contributed by atoms with van der Waals surface area (Å²) in [5, 5.41) is 3.19. The number of anilines is 2. The molecule has 2 aromatic carbocycles. The van der Waals surface area contributed by atoms with Crippen LogP contribution in [-0.2, 0) is 4.79 Å². The van der Waals surface area contributed by atoms with Crippen molar-refractivity contribution >= 4 is 23.2 Å². The molecule has 154 valence electrons. The second-order valence-corrected chi connectivity index (χ2v) is 7.61. The van der Waals surface area contributed by atoms with Crippen molar-refractivity contribution in [1.82, 2.24) is 4.90 Å². The molecule has 29 heavy (non-hydrogen) atoms. The van der Waals surface area contributed by atoms with Gasteiger partial charge in [0, 0.05) is 36.6 Å². The maximum atomic E-state index is 12.9. The van der Waals surface area contributed by atoms with Crippen molar-refractivity contribution in [3.63, 3.8) is 0 Å². The Balaban J connectivity index is 1.57. The van der Waals surface area contributed by atoms with E-state index in [0.717, 1.165) is 24.2 Å². The molecule has 1 N–H and O–H groups in total. The van der Waals surface area contributed by atoms with Gasteiger partial charge in [0.1, 0.15) is 0 Å². The number of hydrogen-bond acceptors (Lipinski definition) is 3. The van der Waals surface area contributed by atoms with Crippen LogP contribution in [0, 0.1) is 0 Å². The van der Waals surface area contributed by atoms with E-state index in [0.29, 0.717) is 18.2 Å². The highest BCUT2D eigenvalue weighted by atomic mass is 16.2. The maximum absolute atomic E-state index is 12.9. The summed E-state index contributed by atoms with van der Waals surface area (Å²) in [6.45, 7) is 2.84. The molecule has 0 bridgehead atoms. The lowest BCUT2D eigenvalue weighted by Gasteiger charge is -2.31. The monoisotopic (exact) mass is 393 g/mol. The van der Waals surface area contributed by atoms with Crippen LogP contribution >= 0.6 is 0 Å². The summed E-state index contributed by atoms with van der Waals surface area (Å²) in [6, 6.07) is 17.4. The number of hydrogen-bond donors (Lipinski definition) is 1. The molecule has 0 radical (unpaired) electrons. The zero-order valence-corrected chi connectivity index (χ0v) is 17.4. The molecule has 0 aromatic heterocycles. The highest BCUT2D eigenvalue weighted by Gasteiger charge is 2.21. The first kappa shape index (κ1) is 20.9. The largest absolute Gasteiger partial charge is 0.376 e. The van der Waals surface area contributed by atoms with Crippen LogP contribution in [0.15, 0.2) is 54.6 Å². The summed E-state index contributed by atoms with van der Waals surface area (Å²) in [7, 11) is 1.91. The number of carbonyl (C=O) groups is 2. The minimum Gasteiger partial charge on any atom is -0.376 e. The summed E-state index contributed by atoms with van der Waals surface area (Å²) >= 11 is 0. The summed E-state index contributed by atoms with van der Waals surface area (Å²) in [5.41, 5.74) is 2.36. The summed E-state index contributed by atoms with van der Waals surface area (Å²) < 4.78 is 0. The fourth-order valence-electron chi connectivity index (χ4n) is 3.91. The molecule has 0 aliphatic heterocycles. The number of likely N-dealkylation sites (N-methyl/N-ethyl adjacent to an activating group) is 1. The molecule has 2 aromatic rings. The minimum atomic E-state index is -0.0293. The first-order chi connectivity index (χ1) is 14.1. The molecule has 5 nitrogen and oxygen atoms in total. The van der Waals surface area contributed by atoms with Gasteiger partial charge in [0.25, 0.3) is 5.91 Å². The van der Waals surface area contributed by atoms with Gasteiger partial charge in [-0.2, -0.15) is 0 Å². The van der Waals surface area contributed by atoms with E-state index >= 15 is 0 Å². The second-order valence-electron chi connectivity index (χ2n) is 7.61. The summed E-state index contributed by atoms with van der Waals surface area (Å²) in [5.74, 6) is 0.0802. The second kappa shape index (κ2) is 10.1. The fourth-order valence-corrected chi connectivity index (χ4v) is 3.91. The Morgan fingerprint density at radius 1 is 0.966 bits per heavy atom. The van der Waals surface area contributed by atoms with Gasteiger partial charge in [0.15, 0.2) is 0 Å². The van der Waals surface area contributed by atoms with E-state index in [2.05, 4.69) is 5.32 Å². The zero-order chi connectivity index (χ0) is 20.6. The third-order valence-corrected chi connectivity index (χ3v) is 5.72. The third kappa shape index (κ3) is 5.37. The lowest BCUT2D eigenvalue weighted by atomic mass is 9.94. The van der Waals surface area contributed by atoms with Gasteiger partial charge in [-0.3, -0.25) is 9.59 Å². The Bertz CT molecular complexity index is 799. The van der Waals surface area contributed by atoms with Crippen LogP contribution in [-0.4, -0.2) is 42.9 Å². The zero-order valence-electron chi connectivity index (χ0n) is 17.4. The Labute approximate surface area is 173 Å². The van der Waals surface area contributed by atoms with Crippen molar-refractivity contribution in [2.45, 2.75) is 45.1 Å². The molecule has 1 aliphatic carbocycles. The highest BCUT2D eigenvalue weighted by molar-refractivity contribution is 6.06. The molecule has 0 heterocycles. The van der Waals surface area contributed by atoms with Crippen molar-refractivity contribution in [3.8, 4) is 0 Å². The highest BCUT2D eigenvalue weighted by Crippen LogP contribution is 2.22. The van der Waals surface area contributed by atoms with Crippen molar-refractivity contribution < 1.29 is 9.59 Å². The average Bonchev–Trinajstić information content (AvgIpc) is 2.79. The van der Waals surface area contributed by atoms with Gasteiger partial charge in [0.05, 0.1) is 6.54 Å². The number of nitrogens with zero attached hydrogens (tertiary/aromatic N) is 2. The van der Waals surface area contributed by atoms with Crippen LogP contribution in [0.3, 0.4) is 0 Å². The number of rotatable bonds is 7. The lowest BCUT2D eigenvalue weighted by molar-refractivity contribution is -0.130. The van der Waals surface area contributed by atoms with E-state index in [-0.39, 0.29) is 18.4 Å². The van der Waals surface area contributed by atoms with E-state index in [9.17, 15) is 9.59 Å². The number of amides is 2. The number of para-hydroxylation sites is 1. The smallest absolute Gasteiger partial charge is 0.258 e. The minimum absolute atomic E-state index is 0.0293. The van der Waals surface area contributed by atoms with Crippen LogP contribution in [0.1, 0.15) is 49.4 Å². The van der Waals surface area contributed by atoms with Crippen molar-refractivity contribution in [2.24, 2.45) is 0 Å². The van der Waals surface area contributed by atoms with Crippen LogP contribution in [0.25, 0.3) is 0 Å². The Kier molecular flexibility index (Phi) is 7.28. The van der Waals surface area contributed by atoms with E-state index in [4.69, 9.17) is 0 Å². The Morgan fingerprint density at radius 3 is 2.24 bits per heavy atom. The standard InChI is InChI=1S/C24H31N3O2/c1-3-27(22-12-8-5-9-13-22)24(29)19-14-16-20(17-15-19)25-18-23(28)26(2)21-10-6-4-7-11-21/h5,8-9,12-17,21,25H,3-4,6-7,10-11,18H2,1-2H3. The van der Waals surface area contributed by atoms with Gasteiger partial charge >= 0.3 is 0 Å². The van der Waals surface area contributed by atoms with Crippen LogP contribution < -0.4 is 10.2 Å². The molecule has 2 amide bonds. The molecule has 1 fully saturated rings. The predicted molar refractivity (Wildman–Crippen MR) is 118 cm³/mol. The van der Waals surface area contributed by atoms with E-state index in [1.54, 1.807) is 4.90 Å². The van der Waals surface area contributed by atoms with Gasteiger partial charge in [-0.15, -0.1) is 0 Å². The first-order valence-electron chi connectivity index (χ1n) is 10.6. The molecule has 0 saturated heterocycles. The maximum Gasteiger partial charge on any atom is 0.258 e. The summed E-state index contributed by atoms with van der Waals surface area (Å²) in [6.07, 6.45) is 5.91. The van der Waals surface area contributed by atoms with E-state index in [1.165, 1.54) is 19.3 Å². The fraction of sp³-hybridized carbons (Fsp3) is 0.417. The van der Waals surface area contributed by atoms with Gasteiger partial charge in [-0.25, -0.2) is 0 Å². The molecule has 1 saturated carbocycles. The topological polar surface area (TPSA) is 52.7 Å². The van der Waals surface area contributed by atoms with Crippen LogP contribution in [0.5, 0.6) is 0 Å². The molecule has 5 heteroatoms. The Morgan fingerprint density at radius 2 is 1.62 bits per heavy atom. The quantitative estimate of drug-likeness (QED) is 0.750. The molecule has 3 rings (SSSR count). The van der Waals surface area contributed by atoms with Gasteiger partial charge < -0.3 is 15.1 Å². The third-order valence-electron chi connectivity index (χ3n) is 5.72. The van der Waals surface area contributed by atoms with Crippen LogP contribution in [0.4, 0.5) is 11.4 Å². The number of nitrogens with one attached hydrogen (secondary N) is 1. The number of carbonyl (C=O) groups excluding carboxylic acids is 2. The normalized spacial score (nSPS) is 14.3. The van der Waals surface area contributed by atoms with E-state index < -0.39 is 0 Å². The average molecular weight is 394 g/mol. The summed E-state index contributed by atoms with van der Waals surface area (Å²) in [4.78, 5) is 29.0. The molecule has 0 atom stereocenters. The first-order valence-corrected chi connectivity index (χ1v) is 10.6. The van der Waals surface area contributed by atoms with Crippen molar-refractivity contribution in [2.75, 3.05) is 30.4 Å². The molecule has 1 aliphatic rings. The molecular weight excluding hydrogens is 362 g/mol. The van der Waals surface area contributed by atoms with Crippen molar-refractivity contribution in [3.05, 3.63) is 60.2 Å². The SMILES string of the molecule is CCN(C(=O)c1ccc(NCC(=O)N(C)C2CCCCC2)cc1)c1ccccc1. The molecule has 0 spiro atoms. The van der Waals surface area contributed by atoms with Gasteiger partial charge in [-0.05, 0) is 56.2 Å². The van der Waals surface area contributed by atoms with Crippen molar-refractivity contribution in [1.29, 1.82) is 0 Å². The Hall–Kier alpha value is -2.82. The number of benzene rings is 2. The molecular formula is C24H31N3O2. The van der Waals surface area contributed by atoms with Gasteiger partial charge in [-0.1, -0.05) is 37.5 Å².